The average molecular weight is 304 g/mol. The predicted molar refractivity (Wildman–Crippen MR) is 79.3 cm³/mol. The van der Waals surface area contributed by atoms with Crippen molar-refractivity contribution in [1.82, 2.24) is 0 Å². The fourth-order valence-electron chi connectivity index (χ4n) is 1.81. The summed E-state index contributed by atoms with van der Waals surface area (Å²) in [5.74, 6) is -1.72. The Labute approximate surface area is 126 Å². The molecule has 6 heteroatoms. The fraction of sp³-hybridized carbons (Fsp3) is 0.125. The van der Waals surface area contributed by atoms with Crippen molar-refractivity contribution < 1.29 is 18.4 Å². The van der Waals surface area contributed by atoms with Gasteiger partial charge in [0.15, 0.2) is 0 Å². The maximum absolute atomic E-state index is 13.0. The lowest BCUT2D eigenvalue weighted by atomic mass is 10.2. The Morgan fingerprint density at radius 2 is 1.18 bits per heavy atom. The van der Waals surface area contributed by atoms with Crippen LogP contribution in [0.3, 0.4) is 0 Å². The largest absolute Gasteiger partial charge is 0.326 e. The molecule has 0 saturated heterocycles. The maximum atomic E-state index is 13.0. The van der Waals surface area contributed by atoms with Crippen LogP contribution in [0.5, 0.6) is 0 Å². The van der Waals surface area contributed by atoms with Gasteiger partial charge in [0.05, 0.1) is 0 Å². The number of hydrogen-bond acceptors (Lipinski definition) is 2. The Kier molecular flexibility index (Phi) is 5.19. The van der Waals surface area contributed by atoms with Crippen molar-refractivity contribution in [3.63, 3.8) is 0 Å². The van der Waals surface area contributed by atoms with Crippen molar-refractivity contribution in [1.29, 1.82) is 0 Å². The molecule has 0 radical (unpaired) electrons. The van der Waals surface area contributed by atoms with Gasteiger partial charge in [0.1, 0.15) is 11.6 Å². The fourth-order valence-corrected chi connectivity index (χ4v) is 1.81. The number of nitrogens with one attached hydrogen (secondary N) is 2. The standard InChI is InChI=1S/C16H14F2N2O2/c17-11-3-1-5-13(9-11)19-15(21)7-8-16(22)20-14-6-2-4-12(18)10-14/h1-6,9-10H,7-8H2,(H,19,21)(H,20,22). The van der Waals surface area contributed by atoms with E-state index in [-0.39, 0.29) is 12.8 Å². The molecular formula is C16H14F2N2O2. The first-order valence-electron chi connectivity index (χ1n) is 6.64. The molecule has 2 amide bonds. The third kappa shape index (κ3) is 4.97. The molecule has 2 aromatic carbocycles. The smallest absolute Gasteiger partial charge is 0.224 e. The van der Waals surface area contributed by atoms with Crippen LogP contribution in [0.1, 0.15) is 12.8 Å². The molecule has 4 nitrogen and oxygen atoms in total. The van der Waals surface area contributed by atoms with Crippen LogP contribution in [0.2, 0.25) is 0 Å². The molecule has 0 unspecified atom stereocenters. The first-order valence-corrected chi connectivity index (χ1v) is 6.64. The zero-order valence-electron chi connectivity index (χ0n) is 11.6. The minimum Gasteiger partial charge on any atom is -0.326 e. The third-order valence-electron chi connectivity index (χ3n) is 2.80. The number of carbonyl (C=O) groups is 2. The van der Waals surface area contributed by atoms with E-state index < -0.39 is 23.4 Å². The monoisotopic (exact) mass is 304 g/mol. The molecule has 0 saturated carbocycles. The summed E-state index contributed by atoms with van der Waals surface area (Å²) in [6.45, 7) is 0. The molecule has 0 fully saturated rings. The molecule has 0 heterocycles. The molecule has 114 valence electrons. The molecule has 0 aromatic heterocycles. The second-order valence-corrected chi connectivity index (χ2v) is 4.62. The number of halogens is 2. The van der Waals surface area contributed by atoms with E-state index in [4.69, 9.17) is 0 Å². The Morgan fingerprint density at radius 1 is 0.773 bits per heavy atom. The molecule has 2 N–H and O–H groups in total. The lowest BCUT2D eigenvalue weighted by molar-refractivity contribution is -0.121. The van der Waals surface area contributed by atoms with Gasteiger partial charge < -0.3 is 10.6 Å². The summed E-state index contributed by atoms with van der Waals surface area (Å²) in [5, 5.41) is 4.98. The SMILES string of the molecule is O=C(CCC(=O)Nc1cccc(F)c1)Nc1cccc(F)c1. The second kappa shape index (κ2) is 7.31. The number of rotatable bonds is 5. The minimum absolute atomic E-state index is 0.0579. The van der Waals surface area contributed by atoms with Gasteiger partial charge in [-0.15, -0.1) is 0 Å². The molecule has 0 aliphatic heterocycles. The highest BCUT2D eigenvalue weighted by atomic mass is 19.1. The van der Waals surface area contributed by atoms with Crippen LogP contribution < -0.4 is 10.6 Å². The van der Waals surface area contributed by atoms with E-state index >= 15 is 0 Å². The van der Waals surface area contributed by atoms with E-state index in [0.717, 1.165) is 0 Å². The van der Waals surface area contributed by atoms with E-state index in [1.807, 2.05) is 0 Å². The third-order valence-corrected chi connectivity index (χ3v) is 2.80. The van der Waals surface area contributed by atoms with Crippen molar-refractivity contribution in [3.8, 4) is 0 Å². The van der Waals surface area contributed by atoms with Gasteiger partial charge in [0, 0.05) is 24.2 Å². The molecule has 22 heavy (non-hydrogen) atoms. The molecule has 2 rings (SSSR count). The van der Waals surface area contributed by atoms with Crippen molar-refractivity contribution in [2.75, 3.05) is 10.6 Å². The Hall–Kier alpha value is -2.76. The highest BCUT2D eigenvalue weighted by Crippen LogP contribution is 2.11. The molecule has 0 aliphatic rings. The van der Waals surface area contributed by atoms with Crippen LogP contribution >= 0.6 is 0 Å². The second-order valence-electron chi connectivity index (χ2n) is 4.62. The van der Waals surface area contributed by atoms with Crippen LogP contribution in [0, 0.1) is 11.6 Å². The maximum Gasteiger partial charge on any atom is 0.224 e. The van der Waals surface area contributed by atoms with Crippen molar-refractivity contribution in [2.45, 2.75) is 12.8 Å². The molecule has 0 aliphatic carbocycles. The van der Waals surface area contributed by atoms with Gasteiger partial charge in [-0.3, -0.25) is 9.59 Å². The molecule has 0 bridgehead atoms. The lowest BCUT2D eigenvalue weighted by Crippen LogP contribution is -2.17. The summed E-state index contributed by atoms with van der Waals surface area (Å²) in [7, 11) is 0. The number of carbonyl (C=O) groups excluding carboxylic acids is 2. The van der Waals surface area contributed by atoms with E-state index in [2.05, 4.69) is 10.6 Å². The highest BCUT2D eigenvalue weighted by molar-refractivity contribution is 5.96. The normalized spacial score (nSPS) is 10.1. The van der Waals surface area contributed by atoms with Gasteiger partial charge >= 0.3 is 0 Å². The summed E-state index contributed by atoms with van der Waals surface area (Å²) < 4.78 is 25.9. The summed E-state index contributed by atoms with van der Waals surface area (Å²) in [6.07, 6.45) is -0.116. The van der Waals surface area contributed by atoms with Crippen LogP contribution in [-0.4, -0.2) is 11.8 Å². The Morgan fingerprint density at radius 3 is 1.55 bits per heavy atom. The van der Waals surface area contributed by atoms with Crippen LogP contribution in [0.15, 0.2) is 48.5 Å². The van der Waals surface area contributed by atoms with Gasteiger partial charge in [0.2, 0.25) is 11.8 Å². The highest BCUT2D eigenvalue weighted by Gasteiger charge is 2.08. The van der Waals surface area contributed by atoms with Gasteiger partial charge in [-0.1, -0.05) is 12.1 Å². The zero-order chi connectivity index (χ0) is 15.9. The number of benzene rings is 2. The van der Waals surface area contributed by atoms with E-state index in [1.165, 1.54) is 36.4 Å². The van der Waals surface area contributed by atoms with Gasteiger partial charge in [0.25, 0.3) is 0 Å². The van der Waals surface area contributed by atoms with Crippen molar-refractivity contribution >= 4 is 23.2 Å². The first kappa shape index (κ1) is 15.6. The minimum atomic E-state index is -0.457. The summed E-state index contributed by atoms with van der Waals surface area (Å²) in [6, 6.07) is 10.9. The van der Waals surface area contributed by atoms with E-state index in [0.29, 0.717) is 11.4 Å². The average Bonchev–Trinajstić information content (AvgIpc) is 2.45. The first-order chi connectivity index (χ1) is 10.5. The van der Waals surface area contributed by atoms with E-state index in [1.54, 1.807) is 12.1 Å². The molecule has 0 spiro atoms. The number of amides is 2. The van der Waals surface area contributed by atoms with Crippen LogP contribution in [0.25, 0.3) is 0 Å². The quantitative estimate of drug-likeness (QED) is 0.890. The van der Waals surface area contributed by atoms with Crippen molar-refractivity contribution in [2.24, 2.45) is 0 Å². The van der Waals surface area contributed by atoms with E-state index in [9.17, 15) is 18.4 Å². The number of hydrogen-bond donors (Lipinski definition) is 2. The Balaban J connectivity index is 1.79. The molecule has 2 aromatic rings. The number of anilines is 2. The van der Waals surface area contributed by atoms with Gasteiger partial charge in [-0.25, -0.2) is 8.78 Å². The predicted octanol–water partition coefficient (Wildman–Crippen LogP) is 3.32. The summed E-state index contributed by atoms with van der Waals surface area (Å²) >= 11 is 0. The van der Waals surface area contributed by atoms with Crippen LogP contribution in [-0.2, 0) is 9.59 Å². The molecule has 0 atom stereocenters. The topological polar surface area (TPSA) is 58.2 Å². The summed E-state index contributed by atoms with van der Waals surface area (Å²) in [5.41, 5.74) is 0.658. The Bertz CT molecular complexity index is 630. The van der Waals surface area contributed by atoms with Crippen molar-refractivity contribution in [3.05, 3.63) is 60.2 Å². The van der Waals surface area contributed by atoms with Gasteiger partial charge in [-0.05, 0) is 36.4 Å². The lowest BCUT2D eigenvalue weighted by Gasteiger charge is -2.06. The van der Waals surface area contributed by atoms with Crippen LogP contribution in [0.4, 0.5) is 20.2 Å². The van der Waals surface area contributed by atoms with Gasteiger partial charge in [-0.2, -0.15) is 0 Å². The zero-order valence-corrected chi connectivity index (χ0v) is 11.6. The molecular weight excluding hydrogens is 290 g/mol. The summed E-state index contributed by atoms with van der Waals surface area (Å²) in [4.78, 5) is 23.3.